The van der Waals surface area contributed by atoms with E-state index < -0.39 is 0 Å². The van der Waals surface area contributed by atoms with E-state index in [1.54, 1.807) is 6.20 Å². The molecule has 0 aromatic carbocycles. The summed E-state index contributed by atoms with van der Waals surface area (Å²) in [6, 6.07) is 3.88. The van der Waals surface area contributed by atoms with Crippen molar-refractivity contribution >= 4 is 12.0 Å². The molecule has 5 nitrogen and oxygen atoms in total. The fourth-order valence-corrected chi connectivity index (χ4v) is 2.02. The lowest BCUT2D eigenvalue weighted by Crippen LogP contribution is -2.46. The standard InChI is InChI=1S/C12H18N4O/c1-2-15-5-7-16(8-6-15)12-4-3-11(9-13-12)10-14-17/h3-4,9-10,17H,2,5-8H2,1H3/b14-10-. The molecule has 0 amide bonds. The van der Waals surface area contributed by atoms with E-state index in [4.69, 9.17) is 5.21 Å². The maximum atomic E-state index is 8.42. The number of nitrogens with zero attached hydrogens (tertiary/aromatic N) is 4. The molecule has 92 valence electrons. The van der Waals surface area contributed by atoms with E-state index in [2.05, 4.69) is 26.9 Å². The van der Waals surface area contributed by atoms with Gasteiger partial charge in [-0.3, -0.25) is 0 Å². The van der Waals surface area contributed by atoms with Gasteiger partial charge in [0.15, 0.2) is 0 Å². The number of hydrogen-bond acceptors (Lipinski definition) is 5. The molecular weight excluding hydrogens is 216 g/mol. The van der Waals surface area contributed by atoms with Gasteiger partial charge in [-0.2, -0.15) is 0 Å². The highest BCUT2D eigenvalue weighted by Gasteiger charge is 2.16. The molecule has 5 heteroatoms. The highest BCUT2D eigenvalue weighted by Crippen LogP contribution is 2.13. The number of hydrogen-bond donors (Lipinski definition) is 1. The van der Waals surface area contributed by atoms with Crippen molar-refractivity contribution in [3.8, 4) is 0 Å². The van der Waals surface area contributed by atoms with Gasteiger partial charge in [0.1, 0.15) is 5.82 Å². The van der Waals surface area contributed by atoms with Crippen molar-refractivity contribution in [2.45, 2.75) is 6.92 Å². The highest BCUT2D eigenvalue weighted by molar-refractivity contribution is 5.78. The third-order valence-corrected chi connectivity index (χ3v) is 3.12. The molecule has 0 saturated carbocycles. The molecule has 1 N–H and O–H groups in total. The van der Waals surface area contributed by atoms with E-state index in [0.717, 1.165) is 44.1 Å². The van der Waals surface area contributed by atoms with E-state index in [-0.39, 0.29) is 0 Å². The summed E-state index contributed by atoms with van der Waals surface area (Å²) in [6.07, 6.45) is 3.10. The summed E-state index contributed by atoms with van der Waals surface area (Å²) in [5.74, 6) is 0.996. The lowest BCUT2D eigenvalue weighted by molar-refractivity contribution is 0.270. The van der Waals surface area contributed by atoms with Crippen LogP contribution in [-0.2, 0) is 0 Å². The minimum Gasteiger partial charge on any atom is -0.411 e. The SMILES string of the molecule is CCN1CCN(c2ccc(/C=N\O)cn2)CC1. The molecule has 0 radical (unpaired) electrons. The Morgan fingerprint density at radius 3 is 2.65 bits per heavy atom. The largest absolute Gasteiger partial charge is 0.411 e. The van der Waals surface area contributed by atoms with Gasteiger partial charge in [0.2, 0.25) is 0 Å². The van der Waals surface area contributed by atoms with Crippen molar-refractivity contribution < 1.29 is 5.21 Å². The molecule has 0 aliphatic carbocycles. The first-order valence-electron chi connectivity index (χ1n) is 5.94. The molecule has 1 aromatic heterocycles. The Balaban J connectivity index is 1.98. The van der Waals surface area contributed by atoms with Gasteiger partial charge in [-0.1, -0.05) is 12.1 Å². The molecule has 17 heavy (non-hydrogen) atoms. The number of piperazine rings is 1. The zero-order chi connectivity index (χ0) is 12.1. The van der Waals surface area contributed by atoms with E-state index in [1.165, 1.54) is 6.21 Å². The van der Waals surface area contributed by atoms with Crippen LogP contribution in [0, 0.1) is 0 Å². The molecule has 1 aromatic rings. The van der Waals surface area contributed by atoms with Crippen molar-refractivity contribution in [3.05, 3.63) is 23.9 Å². The Morgan fingerprint density at radius 2 is 2.12 bits per heavy atom. The Bertz CT molecular complexity index is 369. The number of likely N-dealkylation sites (N-methyl/N-ethyl adjacent to an activating group) is 1. The minimum atomic E-state index is 0.809. The maximum Gasteiger partial charge on any atom is 0.128 e. The normalized spacial score (nSPS) is 17.8. The molecule has 2 rings (SSSR count). The first-order valence-corrected chi connectivity index (χ1v) is 5.94. The number of anilines is 1. The average molecular weight is 234 g/mol. The van der Waals surface area contributed by atoms with Crippen LogP contribution in [0.25, 0.3) is 0 Å². The molecular formula is C12H18N4O. The molecule has 1 saturated heterocycles. The fourth-order valence-electron chi connectivity index (χ4n) is 2.02. The Labute approximate surface area is 101 Å². The van der Waals surface area contributed by atoms with Crippen LogP contribution in [0.4, 0.5) is 5.82 Å². The molecule has 0 spiro atoms. The lowest BCUT2D eigenvalue weighted by atomic mass is 10.2. The molecule has 0 atom stereocenters. The van der Waals surface area contributed by atoms with Crippen molar-refractivity contribution in [1.82, 2.24) is 9.88 Å². The predicted molar refractivity (Wildman–Crippen MR) is 67.9 cm³/mol. The quantitative estimate of drug-likeness (QED) is 0.482. The number of pyridine rings is 1. The second-order valence-electron chi connectivity index (χ2n) is 4.12. The van der Waals surface area contributed by atoms with Crippen molar-refractivity contribution in [2.75, 3.05) is 37.6 Å². The Hall–Kier alpha value is -1.62. The maximum absolute atomic E-state index is 8.42. The van der Waals surface area contributed by atoms with Crippen LogP contribution in [0.3, 0.4) is 0 Å². The van der Waals surface area contributed by atoms with Crippen LogP contribution in [0.15, 0.2) is 23.5 Å². The summed E-state index contributed by atoms with van der Waals surface area (Å²) in [5, 5.41) is 11.4. The predicted octanol–water partition coefficient (Wildman–Crippen LogP) is 1.03. The molecule has 0 unspecified atom stereocenters. The van der Waals surface area contributed by atoms with E-state index in [0.29, 0.717) is 0 Å². The van der Waals surface area contributed by atoms with E-state index in [1.807, 2.05) is 12.1 Å². The number of rotatable bonds is 3. The van der Waals surface area contributed by atoms with Crippen molar-refractivity contribution in [2.24, 2.45) is 5.16 Å². The summed E-state index contributed by atoms with van der Waals surface area (Å²) < 4.78 is 0. The second kappa shape index (κ2) is 5.63. The topological polar surface area (TPSA) is 52.0 Å². The van der Waals surface area contributed by atoms with Crippen molar-refractivity contribution in [3.63, 3.8) is 0 Å². The third-order valence-electron chi connectivity index (χ3n) is 3.12. The van der Waals surface area contributed by atoms with Gasteiger partial charge in [0, 0.05) is 37.9 Å². The number of oxime groups is 1. The molecule has 2 heterocycles. The lowest BCUT2D eigenvalue weighted by Gasteiger charge is -2.34. The Kier molecular flexibility index (Phi) is 3.93. The van der Waals surface area contributed by atoms with Gasteiger partial charge in [0.05, 0.1) is 6.21 Å². The zero-order valence-electron chi connectivity index (χ0n) is 10.1. The number of aromatic nitrogens is 1. The van der Waals surface area contributed by atoms with Crippen LogP contribution < -0.4 is 4.90 Å². The summed E-state index contributed by atoms with van der Waals surface area (Å²) >= 11 is 0. The van der Waals surface area contributed by atoms with Crippen LogP contribution in [0.2, 0.25) is 0 Å². The fraction of sp³-hybridized carbons (Fsp3) is 0.500. The van der Waals surface area contributed by atoms with Gasteiger partial charge in [0.25, 0.3) is 0 Å². The first-order chi connectivity index (χ1) is 8.33. The molecule has 1 aliphatic rings. The zero-order valence-corrected chi connectivity index (χ0v) is 10.1. The summed E-state index contributed by atoms with van der Waals surface area (Å²) in [7, 11) is 0. The monoisotopic (exact) mass is 234 g/mol. The van der Waals surface area contributed by atoms with Crippen LogP contribution in [0.5, 0.6) is 0 Å². The Morgan fingerprint density at radius 1 is 1.35 bits per heavy atom. The van der Waals surface area contributed by atoms with E-state index in [9.17, 15) is 0 Å². The molecule has 1 fully saturated rings. The van der Waals surface area contributed by atoms with Crippen LogP contribution in [-0.4, -0.2) is 54.0 Å². The van der Waals surface area contributed by atoms with Crippen molar-refractivity contribution in [1.29, 1.82) is 0 Å². The van der Waals surface area contributed by atoms with Gasteiger partial charge in [-0.15, -0.1) is 0 Å². The summed E-state index contributed by atoms with van der Waals surface area (Å²) in [6.45, 7) is 7.54. The highest BCUT2D eigenvalue weighted by atomic mass is 16.4. The smallest absolute Gasteiger partial charge is 0.128 e. The van der Waals surface area contributed by atoms with E-state index >= 15 is 0 Å². The summed E-state index contributed by atoms with van der Waals surface area (Å²) in [5.41, 5.74) is 0.809. The van der Waals surface area contributed by atoms with Gasteiger partial charge >= 0.3 is 0 Å². The van der Waals surface area contributed by atoms with Gasteiger partial charge < -0.3 is 15.0 Å². The van der Waals surface area contributed by atoms with Gasteiger partial charge in [-0.25, -0.2) is 4.98 Å². The van der Waals surface area contributed by atoms with Crippen LogP contribution in [0.1, 0.15) is 12.5 Å². The van der Waals surface area contributed by atoms with Gasteiger partial charge in [-0.05, 0) is 18.7 Å². The minimum absolute atomic E-state index is 0.809. The average Bonchev–Trinajstić information content (AvgIpc) is 2.40. The molecule has 1 aliphatic heterocycles. The molecule has 0 bridgehead atoms. The first kappa shape index (κ1) is 11.9. The summed E-state index contributed by atoms with van der Waals surface area (Å²) in [4.78, 5) is 9.09. The second-order valence-corrected chi connectivity index (χ2v) is 4.12. The third kappa shape index (κ3) is 2.94. The van der Waals surface area contributed by atoms with Crippen LogP contribution >= 0.6 is 0 Å².